The van der Waals surface area contributed by atoms with Crippen LogP contribution in [0.25, 0.3) is 22.0 Å². The lowest BCUT2D eigenvalue weighted by molar-refractivity contribution is 0.286. The van der Waals surface area contributed by atoms with Crippen LogP contribution in [0.3, 0.4) is 0 Å². The number of aryl methyl sites for hydroxylation is 3. The van der Waals surface area contributed by atoms with Crippen molar-refractivity contribution in [1.29, 1.82) is 0 Å². The smallest absolute Gasteiger partial charge is 0.138 e. The van der Waals surface area contributed by atoms with E-state index in [0.717, 1.165) is 39.9 Å². The number of aromatic amines is 1. The highest BCUT2D eigenvalue weighted by Crippen LogP contribution is 2.27. The summed E-state index contributed by atoms with van der Waals surface area (Å²) in [5.74, 6) is 0.724. The molecule has 0 bridgehead atoms. The molecular formula is C24H26N4O. The molecule has 4 aromatic rings. The Labute approximate surface area is 170 Å². The minimum Gasteiger partial charge on any atom is -0.490 e. The molecule has 0 aliphatic carbocycles. The Morgan fingerprint density at radius 1 is 0.966 bits per heavy atom. The molecule has 2 aromatic carbocycles. The van der Waals surface area contributed by atoms with Crippen molar-refractivity contribution >= 4 is 10.9 Å². The molecule has 0 amide bonds. The molecule has 29 heavy (non-hydrogen) atoms. The Morgan fingerprint density at radius 3 is 2.55 bits per heavy atom. The minimum absolute atomic E-state index is 0.0789. The zero-order valence-electron chi connectivity index (χ0n) is 17.1. The molecule has 0 unspecified atom stereocenters. The van der Waals surface area contributed by atoms with Crippen molar-refractivity contribution in [3.63, 3.8) is 0 Å². The summed E-state index contributed by atoms with van der Waals surface area (Å²) in [5.41, 5.74) is 14.2. The highest BCUT2D eigenvalue weighted by Gasteiger charge is 2.09. The topological polar surface area (TPSA) is 76.8 Å². The summed E-state index contributed by atoms with van der Waals surface area (Å²) in [6.45, 7) is 6.68. The summed E-state index contributed by atoms with van der Waals surface area (Å²) < 4.78 is 5.95. The van der Waals surface area contributed by atoms with E-state index >= 15 is 0 Å². The van der Waals surface area contributed by atoms with Crippen LogP contribution in [-0.4, -0.2) is 27.8 Å². The second-order valence-electron chi connectivity index (χ2n) is 7.76. The van der Waals surface area contributed by atoms with E-state index < -0.39 is 0 Å². The van der Waals surface area contributed by atoms with Gasteiger partial charge in [-0.2, -0.15) is 5.10 Å². The molecule has 5 heteroatoms. The molecule has 0 aliphatic rings. The number of benzene rings is 2. The van der Waals surface area contributed by atoms with E-state index in [0.29, 0.717) is 6.61 Å². The predicted molar refractivity (Wildman–Crippen MR) is 117 cm³/mol. The van der Waals surface area contributed by atoms with E-state index in [2.05, 4.69) is 59.4 Å². The number of nitrogens with zero attached hydrogens (tertiary/aromatic N) is 2. The fourth-order valence-corrected chi connectivity index (χ4v) is 3.73. The van der Waals surface area contributed by atoms with Gasteiger partial charge in [0.25, 0.3) is 0 Å². The average molecular weight is 386 g/mol. The summed E-state index contributed by atoms with van der Waals surface area (Å²) in [6, 6.07) is 14.7. The lowest BCUT2D eigenvalue weighted by Gasteiger charge is -2.14. The van der Waals surface area contributed by atoms with Gasteiger partial charge in [-0.15, -0.1) is 0 Å². The molecule has 5 nitrogen and oxygen atoms in total. The molecule has 0 saturated heterocycles. The second kappa shape index (κ2) is 8.05. The van der Waals surface area contributed by atoms with Gasteiger partial charge in [-0.05, 0) is 56.5 Å². The van der Waals surface area contributed by atoms with Gasteiger partial charge in [0.15, 0.2) is 0 Å². The number of aromatic nitrogens is 3. The summed E-state index contributed by atoms with van der Waals surface area (Å²) >= 11 is 0. The van der Waals surface area contributed by atoms with Crippen LogP contribution in [0, 0.1) is 20.8 Å². The van der Waals surface area contributed by atoms with E-state index in [-0.39, 0.29) is 6.04 Å². The Bertz CT molecular complexity index is 1130. The van der Waals surface area contributed by atoms with Crippen LogP contribution >= 0.6 is 0 Å². The van der Waals surface area contributed by atoms with Gasteiger partial charge in [0.05, 0.1) is 11.7 Å². The molecule has 2 heterocycles. The largest absolute Gasteiger partial charge is 0.490 e. The van der Waals surface area contributed by atoms with Crippen molar-refractivity contribution in [2.45, 2.75) is 33.2 Å². The van der Waals surface area contributed by atoms with Crippen molar-refractivity contribution < 1.29 is 4.74 Å². The fourth-order valence-electron chi connectivity index (χ4n) is 3.73. The highest BCUT2D eigenvalue weighted by molar-refractivity contribution is 5.86. The minimum atomic E-state index is -0.0789. The lowest BCUT2D eigenvalue weighted by atomic mass is 10.0. The van der Waals surface area contributed by atoms with Gasteiger partial charge in [-0.1, -0.05) is 35.4 Å². The number of fused-ring (bicyclic) bond motifs is 1. The van der Waals surface area contributed by atoms with Crippen LogP contribution in [0.5, 0.6) is 5.75 Å². The number of rotatable bonds is 6. The van der Waals surface area contributed by atoms with Crippen molar-refractivity contribution in [2.75, 3.05) is 6.61 Å². The van der Waals surface area contributed by atoms with Crippen LogP contribution in [0.4, 0.5) is 0 Å². The molecule has 3 N–H and O–H groups in total. The first-order chi connectivity index (χ1) is 14.0. The normalized spacial score (nSPS) is 12.3. The molecular weight excluding hydrogens is 360 g/mol. The van der Waals surface area contributed by atoms with Crippen LogP contribution in [0.15, 0.2) is 54.9 Å². The quantitative estimate of drug-likeness (QED) is 0.511. The molecule has 0 aliphatic heterocycles. The highest BCUT2D eigenvalue weighted by atomic mass is 16.5. The first-order valence-electron chi connectivity index (χ1n) is 9.83. The van der Waals surface area contributed by atoms with Crippen molar-refractivity contribution in [3.8, 4) is 16.9 Å². The van der Waals surface area contributed by atoms with Gasteiger partial charge in [-0.25, -0.2) is 0 Å². The van der Waals surface area contributed by atoms with Crippen molar-refractivity contribution in [1.82, 2.24) is 15.2 Å². The van der Waals surface area contributed by atoms with Crippen LogP contribution < -0.4 is 10.5 Å². The zero-order valence-corrected chi connectivity index (χ0v) is 17.1. The van der Waals surface area contributed by atoms with Gasteiger partial charge in [0.1, 0.15) is 12.4 Å². The maximum atomic E-state index is 6.31. The van der Waals surface area contributed by atoms with Gasteiger partial charge in [-0.3, -0.25) is 10.1 Å². The standard InChI is InChI=1S/C24H26N4O/c1-15-6-16(2)8-18(7-15)9-21(25)14-29-22-10-20(12-26-13-22)19-4-5-24-23(11-19)17(3)27-28-24/h4-8,10-13,21H,9,14,25H2,1-3H3,(H,27,28)/t21-/m0/s1. The number of hydrogen-bond acceptors (Lipinski definition) is 4. The van der Waals surface area contributed by atoms with E-state index in [1.165, 1.54) is 16.7 Å². The summed E-state index contributed by atoms with van der Waals surface area (Å²) in [5, 5.41) is 8.42. The SMILES string of the molecule is Cc1cc(C)cc(C[C@H](N)COc2cncc(-c3ccc4n[nH]c(C)c4c3)c2)c1. The number of hydrogen-bond donors (Lipinski definition) is 2. The van der Waals surface area contributed by atoms with Crippen molar-refractivity contribution in [2.24, 2.45) is 5.73 Å². The van der Waals surface area contributed by atoms with Gasteiger partial charge >= 0.3 is 0 Å². The molecule has 0 fully saturated rings. The Balaban J connectivity index is 1.45. The van der Waals surface area contributed by atoms with Gasteiger partial charge in [0, 0.05) is 28.9 Å². The fraction of sp³-hybridized carbons (Fsp3) is 0.250. The van der Waals surface area contributed by atoms with E-state index in [4.69, 9.17) is 10.5 Å². The Morgan fingerprint density at radius 2 is 1.76 bits per heavy atom. The first kappa shape index (κ1) is 19.2. The monoisotopic (exact) mass is 386 g/mol. The number of nitrogens with one attached hydrogen (secondary N) is 1. The van der Waals surface area contributed by atoms with Crippen LogP contribution in [0.2, 0.25) is 0 Å². The summed E-state index contributed by atoms with van der Waals surface area (Å²) in [7, 11) is 0. The molecule has 0 radical (unpaired) electrons. The Hall–Kier alpha value is -3.18. The molecule has 0 saturated carbocycles. The average Bonchev–Trinajstić information content (AvgIpc) is 3.06. The van der Waals surface area contributed by atoms with Crippen molar-refractivity contribution in [3.05, 3.63) is 77.2 Å². The first-order valence-corrected chi connectivity index (χ1v) is 9.83. The second-order valence-corrected chi connectivity index (χ2v) is 7.76. The molecule has 2 aromatic heterocycles. The number of nitrogens with two attached hydrogens (primary N) is 1. The van der Waals surface area contributed by atoms with Gasteiger partial charge in [0.2, 0.25) is 0 Å². The summed E-state index contributed by atoms with van der Waals surface area (Å²) in [4.78, 5) is 4.35. The third kappa shape index (κ3) is 4.46. The predicted octanol–water partition coefficient (Wildman–Crippen LogP) is 4.50. The third-order valence-electron chi connectivity index (χ3n) is 5.03. The van der Waals surface area contributed by atoms with Gasteiger partial charge < -0.3 is 10.5 Å². The Kier molecular flexibility index (Phi) is 5.32. The van der Waals surface area contributed by atoms with Crippen LogP contribution in [0.1, 0.15) is 22.4 Å². The lowest BCUT2D eigenvalue weighted by Crippen LogP contribution is -2.30. The molecule has 148 valence electrons. The maximum Gasteiger partial charge on any atom is 0.138 e. The van der Waals surface area contributed by atoms with E-state index in [9.17, 15) is 0 Å². The van der Waals surface area contributed by atoms with E-state index in [1.54, 1.807) is 6.20 Å². The summed E-state index contributed by atoms with van der Waals surface area (Å²) in [6.07, 6.45) is 4.36. The molecule has 1 atom stereocenters. The van der Waals surface area contributed by atoms with Crippen LogP contribution in [-0.2, 0) is 6.42 Å². The zero-order chi connectivity index (χ0) is 20.4. The number of pyridine rings is 1. The number of ether oxygens (including phenoxy) is 1. The third-order valence-corrected chi connectivity index (χ3v) is 5.03. The molecule has 4 rings (SSSR count). The molecule has 0 spiro atoms. The number of H-pyrrole nitrogens is 1. The maximum absolute atomic E-state index is 6.31. The van der Waals surface area contributed by atoms with E-state index in [1.807, 2.05) is 25.3 Å².